The van der Waals surface area contributed by atoms with Crippen molar-refractivity contribution < 1.29 is 8.42 Å². The van der Waals surface area contributed by atoms with Crippen molar-refractivity contribution in [1.82, 2.24) is 4.31 Å². The van der Waals surface area contributed by atoms with Gasteiger partial charge in [0.2, 0.25) is 10.0 Å². The molecule has 0 bridgehead atoms. The van der Waals surface area contributed by atoms with Crippen LogP contribution in [0.2, 0.25) is 0 Å². The van der Waals surface area contributed by atoms with Crippen LogP contribution in [-0.4, -0.2) is 36.1 Å². The SMILES string of the molecule is CCCN(C1CCC(N)CC1)S(=O)(=O)C(C)(C)C. The summed E-state index contributed by atoms with van der Waals surface area (Å²) < 4.78 is 26.2. The first-order valence-corrected chi connectivity index (χ1v) is 8.41. The van der Waals surface area contributed by atoms with E-state index >= 15 is 0 Å². The highest BCUT2D eigenvalue weighted by Crippen LogP contribution is 2.29. The molecular weight excluding hydrogens is 248 g/mol. The molecule has 4 nitrogen and oxygen atoms in total. The lowest BCUT2D eigenvalue weighted by Gasteiger charge is -2.38. The Kier molecular flexibility index (Phi) is 5.21. The van der Waals surface area contributed by atoms with Crippen LogP contribution < -0.4 is 5.73 Å². The second-order valence-electron chi connectivity index (χ2n) is 6.30. The summed E-state index contributed by atoms with van der Waals surface area (Å²) in [6.07, 6.45) is 4.53. The van der Waals surface area contributed by atoms with Crippen molar-refractivity contribution >= 4 is 10.0 Å². The predicted octanol–water partition coefficient (Wildman–Crippen LogP) is 2.10. The van der Waals surface area contributed by atoms with Crippen molar-refractivity contribution in [3.05, 3.63) is 0 Å². The Hall–Kier alpha value is -0.130. The minimum absolute atomic E-state index is 0.147. The molecule has 0 aromatic heterocycles. The number of hydrogen-bond acceptors (Lipinski definition) is 3. The first-order chi connectivity index (χ1) is 8.20. The smallest absolute Gasteiger partial charge is 0.219 e. The van der Waals surface area contributed by atoms with E-state index in [0.29, 0.717) is 6.54 Å². The van der Waals surface area contributed by atoms with Crippen LogP contribution in [0.4, 0.5) is 0 Å². The molecule has 1 saturated carbocycles. The Balaban J connectivity index is 2.90. The van der Waals surface area contributed by atoms with Crippen molar-refractivity contribution in [2.75, 3.05) is 6.54 Å². The average molecular weight is 276 g/mol. The van der Waals surface area contributed by atoms with Gasteiger partial charge in [-0.15, -0.1) is 0 Å². The number of hydrogen-bond donors (Lipinski definition) is 1. The van der Waals surface area contributed by atoms with Crippen molar-refractivity contribution in [2.45, 2.75) is 76.6 Å². The van der Waals surface area contributed by atoms with E-state index in [0.717, 1.165) is 32.1 Å². The molecule has 0 unspecified atom stereocenters. The van der Waals surface area contributed by atoms with E-state index < -0.39 is 14.8 Å². The van der Waals surface area contributed by atoms with Crippen LogP contribution in [-0.2, 0) is 10.0 Å². The number of sulfonamides is 1. The van der Waals surface area contributed by atoms with Gasteiger partial charge in [-0.2, -0.15) is 4.31 Å². The van der Waals surface area contributed by atoms with Crippen molar-refractivity contribution in [3.63, 3.8) is 0 Å². The van der Waals surface area contributed by atoms with Crippen LogP contribution in [0.5, 0.6) is 0 Å². The Bertz CT molecular complexity index is 352. The van der Waals surface area contributed by atoms with Gasteiger partial charge in [0.15, 0.2) is 0 Å². The molecule has 2 N–H and O–H groups in total. The van der Waals surface area contributed by atoms with Crippen LogP contribution in [0.3, 0.4) is 0 Å². The highest BCUT2D eigenvalue weighted by molar-refractivity contribution is 7.90. The van der Waals surface area contributed by atoms with E-state index in [1.54, 1.807) is 25.1 Å². The molecule has 0 amide bonds. The fourth-order valence-corrected chi connectivity index (χ4v) is 4.19. The van der Waals surface area contributed by atoms with Gasteiger partial charge in [-0.1, -0.05) is 6.92 Å². The summed E-state index contributed by atoms with van der Waals surface area (Å²) in [5, 5.41) is 0. The first kappa shape index (κ1) is 15.9. The van der Waals surface area contributed by atoms with Crippen LogP contribution in [0.15, 0.2) is 0 Å². The molecule has 5 heteroatoms. The summed E-state index contributed by atoms with van der Waals surface area (Å²) in [5.41, 5.74) is 5.90. The van der Waals surface area contributed by atoms with Gasteiger partial charge in [-0.25, -0.2) is 8.42 Å². The van der Waals surface area contributed by atoms with Gasteiger partial charge >= 0.3 is 0 Å². The molecule has 0 aliphatic heterocycles. The molecule has 0 saturated heterocycles. The van der Waals surface area contributed by atoms with Gasteiger partial charge in [-0.3, -0.25) is 0 Å². The molecule has 0 atom stereocenters. The monoisotopic (exact) mass is 276 g/mol. The van der Waals surface area contributed by atoms with E-state index in [4.69, 9.17) is 5.73 Å². The summed E-state index contributed by atoms with van der Waals surface area (Å²) in [5.74, 6) is 0. The second kappa shape index (κ2) is 5.88. The van der Waals surface area contributed by atoms with E-state index in [2.05, 4.69) is 0 Å². The van der Waals surface area contributed by atoms with Gasteiger partial charge in [0, 0.05) is 18.6 Å². The third kappa shape index (κ3) is 3.45. The zero-order chi connectivity index (χ0) is 14.0. The quantitative estimate of drug-likeness (QED) is 0.855. The number of rotatable bonds is 4. The minimum atomic E-state index is -3.23. The first-order valence-electron chi connectivity index (χ1n) is 6.97. The molecule has 0 spiro atoms. The third-order valence-electron chi connectivity index (χ3n) is 3.68. The highest BCUT2D eigenvalue weighted by atomic mass is 32.2. The van der Waals surface area contributed by atoms with E-state index in [9.17, 15) is 8.42 Å². The van der Waals surface area contributed by atoms with E-state index in [1.807, 2.05) is 6.92 Å². The fourth-order valence-electron chi connectivity index (χ4n) is 2.46. The molecular formula is C13H28N2O2S. The van der Waals surface area contributed by atoms with Crippen LogP contribution in [0.1, 0.15) is 59.8 Å². The van der Waals surface area contributed by atoms with E-state index in [-0.39, 0.29) is 12.1 Å². The molecule has 18 heavy (non-hydrogen) atoms. The molecule has 0 aromatic carbocycles. The maximum atomic E-state index is 12.6. The molecule has 108 valence electrons. The summed E-state index contributed by atoms with van der Waals surface area (Å²) in [7, 11) is -3.23. The lowest BCUT2D eigenvalue weighted by atomic mass is 9.92. The van der Waals surface area contributed by atoms with Gasteiger partial charge in [-0.05, 0) is 52.9 Å². The summed E-state index contributed by atoms with van der Waals surface area (Å²) in [4.78, 5) is 0. The third-order valence-corrected chi connectivity index (χ3v) is 6.32. The fraction of sp³-hybridized carbons (Fsp3) is 1.00. The standard InChI is InChI=1S/C13H28N2O2S/c1-5-10-15(18(16,17)13(2,3)4)12-8-6-11(14)7-9-12/h11-12H,5-10,14H2,1-4H3. The maximum absolute atomic E-state index is 12.6. The average Bonchev–Trinajstić information content (AvgIpc) is 2.25. The maximum Gasteiger partial charge on any atom is 0.219 e. The predicted molar refractivity (Wildman–Crippen MR) is 75.9 cm³/mol. The summed E-state index contributed by atoms with van der Waals surface area (Å²) in [6.45, 7) is 7.98. The molecule has 0 aromatic rings. The molecule has 1 aliphatic rings. The van der Waals surface area contributed by atoms with Crippen molar-refractivity contribution in [1.29, 1.82) is 0 Å². The molecule has 1 aliphatic carbocycles. The van der Waals surface area contributed by atoms with Gasteiger partial charge in [0.1, 0.15) is 0 Å². The van der Waals surface area contributed by atoms with Crippen molar-refractivity contribution in [2.24, 2.45) is 5.73 Å². The topological polar surface area (TPSA) is 63.4 Å². The zero-order valence-electron chi connectivity index (χ0n) is 12.1. The number of nitrogens with two attached hydrogens (primary N) is 1. The van der Waals surface area contributed by atoms with Gasteiger partial charge in [0.05, 0.1) is 4.75 Å². The van der Waals surface area contributed by atoms with Crippen LogP contribution in [0.25, 0.3) is 0 Å². The zero-order valence-corrected chi connectivity index (χ0v) is 13.0. The molecule has 0 radical (unpaired) electrons. The largest absolute Gasteiger partial charge is 0.328 e. The summed E-state index contributed by atoms with van der Waals surface area (Å²) >= 11 is 0. The Morgan fingerprint density at radius 3 is 2.06 bits per heavy atom. The Labute approximate surface area is 112 Å². The normalized spacial score (nSPS) is 26.6. The second-order valence-corrected chi connectivity index (χ2v) is 8.94. The molecule has 0 heterocycles. The van der Waals surface area contributed by atoms with Crippen LogP contribution >= 0.6 is 0 Å². The van der Waals surface area contributed by atoms with E-state index in [1.165, 1.54) is 0 Å². The Morgan fingerprint density at radius 1 is 1.17 bits per heavy atom. The Morgan fingerprint density at radius 2 is 1.67 bits per heavy atom. The van der Waals surface area contributed by atoms with Crippen molar-refractivity contribution in [3.8, 4) is 0 Å². The minimum Gasteiger partial charge on any atom is -0.328 e. The highest BCUT2D eigenvalue weighted by Gasteiger charge is 2.39. The van der Waals surface area contributed by atoms with Gasteiger partial charge < -0.3 is 5.73 Å². The van der Waals surface area contributed by atoms with Gasteiger partial charge in [0.25, 0.3) is 0 Å². The van der Waals surface area contributed by atoms with Crippen LogP contribution in [0, 0.1) is 0 Å². The molecule has 1 fully saturated rings. The lowest BCUT2D eigenvalue weighted by molar-refractivity contribution is 0.236. The lowest BCUT2D eigenvalue weighted by Crippen LogP contribution is -2.50. The number of nitrogens with zero attached hydrogens (tertiary/aromatic N) is 1. The molecule has 1 rings (SSSR count). The summed E-state index contributed by atoms with van der Waals surface area (Å²) in [6, 6.07) is 0.399.